The summed E-state index contributed by atoms with van der Waals surface area (Å²) >= 11 is 1.54. The Kier molecular flexibility index (Phi) is 6.24. The lowest BCUT2D eigenvalue weighted by Crippen LogP contribution is -2.22. The maximum Gasteiger partial charge on any atom is 0.266 e. The molecule has 6 heteroatoms. The van der Waals surface area contributed by atoms with E-state index >= 15 is 0 Å². The van der Waals surface area contributed by atoms with E-state index in [0.29, 0.717) is 33.3 Å². The highest BCUT2D eigenvalue weighted by Crippen LogP contribution is 2.33. The van der Waals surface area contributed by atoms with Gasteiger partial charge in [-0.15, -0.1) is 0 Å². The molecule has 0 spiro atoms. The molecular formula is C26H26N2O3S. The normalized spacial score (nSPS) is 11.0. The number of para-hydroxylation sites is 1. The second-order valence-corrected chi connectivity index (χ2v) is 8.76. The predicted molar refractivity (Wildman–Crippen MR) is 131 cm³/mol. The minimum atomic E-state index is -0.0628. The number of hydrogen-bond donors (Lipinski definition) is 0. The lowest BCUT2D eigenvalue weighted by molar-refractivity contribution is 0.354. The first-order valence-corrected chi connectivity index (χ1v) is 11.3. The van der Waals surface area contributed by atoms with Crippen LogP contribution in [0.3, 0.4) is 0 Å². The monoisotopic (exact) mass is 446 g/mol. The number of benzene rings is 3. The molecule has 0 saturated heterocycles. The average Bonchev–Trinajstić information content (AvgIpc) is 2.77. The largest absolute Gasteiger partial charge is 0.493 e. The van der Waals surface area contributed by atoms with Gasteiger partial charge in [0.25, 0.3) is 5.56 Å². The van der Waals surface area contributed by atoms with Crippen LogP contribution in [0.25, 0.3) is 16.6 Å². The molecule has 0 aliphatic rings. The molecule has 5 nitrogen and oxygen atoms in total. The Morgan fingerprint density at radius 3 is 2.25 bits per heavy atom. The molecular weight excluding hydrogens is 420 g/mol. The van der Waals surface area contributed by atoms with Crippen LogP contribution in [0.1, 0.15) is 22.3 Å². The second-order valence-electron chi connectivity index (χ2n) is 7.82. The van der Waals surface area contributed by atoms with Crippen LogP contribution in [0, 0.1) is 20.8 Å². The summed E-state index contributed by atoms with van der Waals surface area (Å²) in [6.07, 6.45) is 0. The van der Waals surface area contributed by atoms with E-state index in [1.54, 1.807) is 18.8 Å². The maximum absolute atomic E-state index is 13.5. The van der Waals surface area contributed by atoms with Crippen LogP contribution in [0.5, 0.6) is 11.5 Å². The van der Waals surface area contributed by atoms with Crippen molar-refractivity contribution in [1.29, 1.82) is 0 Å². The van der Waals surface area contributed by atoms with Crippen molar-refractivity contribution in [2.45, 2.75) is 31.7 Å². The Labute approximate surface area is 192 Å². The number of ether oxygens (including phenoxy) is 2. The first kappa shape index (κ1) is 22.0. The molecule has 1 heterocycles. The minimum Gasteiger partial charge on any atom is -0.493 e. The van der Waals surface area contributed by atoms with Crippen LogP contribution in [-0.4, -0.2) is 23.8 Å². The van der Waals surface area contributed by atoms with E-state index in [2.05, 4.69) is 6.07 Å². The maximum atomic E-state index is 13.5. The molecule has 1 aromatic heterocycles. The summed E-state index contributed by atoms with van der Waals surface area (Å²) in [7, 11) is 3.26. The molecule has 0 aliphatic carbocycles. The van der Waals surface area contributed by atoms with E-state index < -0.39 is 0 Å². The highest BCUT2D eigenvalue weighted by molar-refractivity contribution is 7.98. The third-order valence-corrected chi connectivity index (χ3v) is 6.40. The van der Waals surface area contributed by atoms with Crippen LogP contribution >= 0.6 is 11.8 Å². The molecule has 0 aliphatic heterocycles. The van der Waals surface area contributed by atoms with Crippen molar-refractivity contribution in [3.8, 4) is 17.2 Å². The molecule has 4 rings (SSSR count). The summed E-state index contributed by atoms with van der Waals surface area (Å²) in [4.78, 5) is 18.4. The summed E-state index contributed by atoms with van der Waals surface area (Å²) in [5.41, 5.74) is 5.87. The first-order chi connectivity index (χ1) is 15.4. The molecule has 32 heavy (non-hydrogen) atoms. The SMILES string of the molecule is COc1cc(C)c(CSc2nc3ccccc3c(=O)n2-c2cc(C)cc(C)c2)cc1OC. The van der Waals surface area contributed by atoms with Crippen molar-refractivity contribution < 1.29 is 9.47 Å². The van der Waals surface area contributed by atoms with E-state index in [9.17, 15) is 4.79 Å². The first-order valence-electron chi connectivity index (χ1n) is 10.4. The van der Waals surface area contributed by atoms with Gasteiger partial charge in [-0.1, -0.05) is 30.0 Å². The number of methoxy groups -OCH3 is 2. The van der Waals surface area contributed by atoms with Crippen molar-refractivity contribution in [1.82, 2.24) is 9.55 Å². The Morgan fingerprint density at radius 1 is 0.906 bits per heavy atom. The van der Waals surface area contributed by atoms with Crippen LogP contribution in [0.2, 0.25) is 0 Å². The number of thioether (sulfide) groups is 1. The lowest BCUT2D eigenvalue weighted by Gasteiger charge is -2.16. The molecule has 0 amide bonds. The summed E-state index contributed by atoms with van der Waals surface area (Å²) in [6, 6.07) is 17.6. The standard InChI is InChI=1S/C26H26N2O3S/c1-16-10-17(2)12-20(11-16)28-25(29)21-8-6-7-9-22(21)27-26(28)32-15-19-14-24(31-5)23(30-4)13-18(19)3/h6-14H,15H2,1-5H3. The summed E-state index contributed by atoms with van der Waals surface area (Å²) in [6.45, 7) is 6.12. The van der Waals surface area contributed by atoms with Crippen LogP contribution in [0.15, 0.2) is 64.5 Å². The van der Waals surface area contributed by atoms with Crippen molar-refractivity contribution in [3.05, 3.63) is 87.2 Å². The van der Waals surface area contributed by atoms with Gasteiger partial charge in [0.2, 0.25) is 0 Å². The van der Waals surface area contributed by atoms with Gasteiger partial charge in [0.1, 0.15) is 0 Å². The highest BCUT2D eigenvalue weighted by Gasteiger charge is 2.16. The van der Waals surface area contributed by atoms with Crippen LogP contribution in [-0.2, 0) is 5.75 Å². The minimum absolute atomic E-state index is 0.0628. The summed E-state index contributed by atoms with van der Waals surface area (Å²) < 4.78 is 12.6. The number of aromatic nitrogens is 2. The predicted octanol–water partition coefficient (Wildman–Crippen LogP) is 5.62. The molecule has 4 aromatic rings. The quantitative estimate of drug-likeness (QED) is 0.284. The van der Waals surface area contributed by atoms with Gasteiger partial charge in [0.05, 0.1) is 30.8 Å². The molecule has 164 valence electrons. The van der Waals surface area contributed by atoms with Gasteiger partial charge in [-0.2, -0.15) is 0 Å². The number of hydrogen-bond acceptors (Lipinski definition) is 5. The molecule has 0 atom stereocenters. The van der Waals surface area contributed by atoms with E-state index in [1.165, 1.54) is 11.8 Å². The zero-order valence-electron chi connectivity index (χ0n) is 18.9. The van der Waals surface area contributed by atoms with Gasteiger partial charge in [-0.05, 0) is 79.4 Å². The highest BCUT2D eigenvalue weighted by atomic mass is 32.2. The van der Waals surface area contributed by atoms with E-state index in [4.69, 9.17) is 14.5 Å². The molecule has 0 saturated carbocycles. The molecule has 3 aromatic carbocycles. The van der Waals surface area contributed by atoms with Crippen molar-refractivity contribution >= 4 is 22.7 Å². The fraction of sp³-hybridized carbons (Fsp3) is 0.231. The van der Waals surface area contributed by atoms with Gasteiger partial charge in [-0.3, -0.25) is 9.36 Å². The van der Waals surface area contributed by atoms with Gasteiger partial charge in [0.15, 0.2) is 16.7 Å². The van der Waals surface area contributed by atoms with E-state index in [1.807, 2.05) is 69.3 Å². The second kappa shape index (κ2) is 9.09. The number of aryl methyl sites for hydroxylation is 3. The number of nitrogens with zero attached hydrogens (tertiary/aromatic N) is 2. The smallest absolute Gasteiger partial charge is 0.266 e. The third-order valence-electron chi connectivity index (χ3n) is 5.41. The van der Waals surface area contributed by atoms with Crippen LogP contribution < -0.4 is 15.0 Å². The zero-order valence-corrected chi connectivity index (χ0v) is 19.7. The Hall–Kier alpha value is -3.25. The fourth-order valence-corrected chi connectivity index (χ4v) is 4.91. The number of fused-ring (bicyclic) bond motifs is 1. The van der Waals surface area contributed by atoms with Gasteiger partial charge < -0.3 is 9.47 Å². The Bertz CT molecular complexity index is 1340. The molecule has 0 radical (unpaired) electrons. The third kappa shape index (κ3) is 4.23. The molecule has 0 N–H and O–H groups in total. The summed E-state index contributed by atoms with van der Waals surface area (Å²) in [5, 5.41) is 1.27. The fourth-order valence-electron chi connectivity index (χ4n) is 3.84. The van der Waals surface area contributed by atoms with Crippen molar-refractivity contribution in [2.75, 3.05) is 14.2 Å². The topological polar surface area (TPSA) is 53.3 Å². The number of rotatable bonds is 6. The summed E-state index contributed by atoms with van der Waals surface area (Å²) in [5.74, 6) is 2.03. The Morgan fingerprint density at radius 2 is 1.56 bits per heavy atom. The molecule has 0 bridgehead atoms. The van der Waals surface area contributed by atoms with Gasteiger partial charge in [-0.25, -0.2) is 4.98 Å². The molecule has 0 fully saturated rings. The Balaban J connectivity index is 1.83. The average molecular weight is 447 g/mol. The van der Waals surface area contributed by atoms with Crippen molar-refractivity contribution in [3.63, 3.8) is 0 Å². The van der Waals surface area contributed by atoms with Crippen molar-refractivity contribution in [2.24, 2.45) is 0 Å². The van der Waals surface area contributed by atoms with Gasteiger partial charge >= 0.3 is 0 Å². The lowest BCUT2D eigenvalue weighted by atomic mass is 10.1. The zero-order chi connectivity index (χ0) is 22.8. The van der Waals surface area contributed by atoms with Gasteiger partial charge in [0, 0.05) is 5.75 Å². The van der Waals surface area contributed by atoms with E-state index in [0.717, 1.165) is 27.9 Å². The van der Waals surface area contributed by atoms with E-state index in [-0.39, 0.29) is 5.56 Å². The van der Waals surface area contributed by atoms with Crippen LogP contribution in [0.4, 0.5) is 0 Å². The molecule has 0 unspecified atom stereocenters.